The summed E-state index contributed by atoms with van der Waals surface area (Å²) >= 11 is 1.50. The Bertz CT molecular complexity index is 1040. The second-order valence-corrected chi connectivity index (χ2v) is 7.11. The van der Waals surface area contributed by atoms with E-state index in [-0.39, 0.29) is 11.9 Å². The van der Waals surface area contributed by atoms with Crippen LogP contribution in [0.25, 0.3) is 22.1 Å². The van der Waals surface area contributed by atoms with Crippen LogP contribution < -0.4 is 0 Å². The summed E-state index contributed by atoms with van der Waals surface area (Å²) in [5.74, 6) is 0.449. The van der Waals surface area contributed by atoms with E-state index in [1.165, 1.54) is 23.9 Å². The smallest absolute Gasteiger partial charge is 0.211 e. The lowest BCUT2D eigenvalue weighted by Gasteiger charge is -2.10. The summed E-state index contributed by atoms with van der Waals surface area (Å²) < 4.78 is 15.2. The van der Waals surface area contributed by atoms with Crippen molar-refractivity contribution in [2.24, 2.45) is 0 Å². The number of thioether (sulfide) groups is 1. The maximum Gasteiger partial charge on any atom is 0.211 e. The van der Waals surface area contributed by atoms with E-state index < -0.39 is 0 Å². The molecule has 0 atom stereocenters. The molecule has 0 aliphatic heterocycles. The third kappa shape index (κ3) is 2.98. The zero-order valence-corrected chi connectivity index (χ0v) is 14.8. The van der Waals surface area contributed by atoms with Crippen LogP contribution in [-0.2, 0) is 5.75 Å². The van der Waals surface area contributed by atoms with Crippen LogP contribution in [0.2, 0.25) is 0 Å². The predicted octanol–water partition coefficient (Wildman–Crippen LogP) is 4.99. The molecule has 25 heavy (non-hydrogen) atoms. The second kappa shape index (κ2) is 6.44. The highest BCUT2D eigenvalue weighted by atomic mass is 32.2. The van der Waals surface area contributed by atoms with E-state index in [0.29, 0.717) is 10.9 Å². The highest BCUT2D eigenvalue weighted by molar-refractivity contribution is 7.98. The van der Waals surface area contributed by atoms with Crippen LogP contribution >= 0.6 is 11.8 Å². The van der Waals surface area contributed by atoms with Gasteiger partial charge in [0.25, 0.3) is 0 Å². The van der Waals surface area contributed by atoms with E-state index in [4.69, 9.17) is 4.98 Å². The summed E-state index contributed by atoms with van der Waals surface area (Å²) in [5.41, 5.74) is 3.83. The topological polar surface area (TPSA) is 43.6 Å². The largest absolute Gasteiger partial charge is 0.321 e. The summed E-state index contributed by atoms with van der Waals surface area (Å²) in [5, 5.41) is 10.4. The maximum atomic E-state index is 13.0. The van der Waals surface area contributed by atoms with Crippen molar-refractivity contribution in [3.05, 3.63) is 59.9 Å². The lowest BCUT2D eigenvalue weighted by molar-refractivity contribution is 0.627. The standard InChI is InChI=1S/C19H17FN4S/c1-12(2)24-16-6-4-3-5-15(16)17-18(24)21-19(23-22-17)25-11-13-7-9-14(20)10-8-13/h3-10,12H,11H2,1-2H3. The molecule has 0 spiro atoms. The molecule has 2 heterocycles. The summed E-state index contributed by atoms with van der Waals surface area (Å²) in [6, 6.07) is 14.9. The monoisotopic (exact) mass is 352 g/mol. The van der Waals surface area contributed by atoms with E-state index in [9.17, 15) is 4.39 Å². The summed E-state index contributed by atoms with van der Waals surface area (Å²) in [6.45, 7) is 4.28. The molecule has 0 saturated heterocycles. The fourth-order valence-corrected chi connectivity index (χ4v) is 3.69. The maximum absolute atomic E-state index is 13.0. The number of aromatic nitrogens is 4. The molecule has 0 aliphatic rings. The van der Waals surface area contributed by atoms with E-state index in [1.54, 1.807) is 12.1 Å². The van der Waals surface area contributed by atoms with Gasteiger partial charge >= 0.3 is 0 Å². The molecular formula is C19H17FN4S. The molecule has 0 N–H and O–H groups in total. The fourth-order valence-electron chi connectivity index (χ4n) is 2.96. The van der Waals surface area contributed by atoms with Crippen LogP contribution in [0.1, 0.15) is 25.5 Å². The van der Waals surface area contributed by atoms with E-state index in [2.05, 4.69) is 40.7 Å². The lowest BCUT2D eigenvalue weighted by Crippen LogP contribution is -2.03. The number of nitrogens with zero attached hydrogens (tertiary/aromatic N) is 4. The Morgan fingerprint density at radius 1 is 1.04 bits per heavy atom. The van der Waals surface area contributed by atoms with Crippen molar-refractivity contribution in [3.63, 3.8) is 0 Å². The number of hydrogen-bond donors (Lipinski definition) is 0. The summed E-state index contributed by atoms with van der Waals surface area (Å²) in [7, 11) is 0. The van der Waals surface area contributed by atoms with Crippen LogP contribution in [0.4, 0.5) is 4.39 Å². The number of fused-ring (bicyclic) bond motifs is 3. The Labute approximate surface area is 149 Å². The number of halogens is 1. The Hall–Kier alpha value is -2.47. The molecule has 4 aromatic rings. The molecule has 126 valence electrons. The van der Waals surface area contributed by atoms with E-state index in [1.807, 2.05) is 12.1 Å². The van der Waals surface area contributed by atoms with Gasteiger partial charge < -0.3 is 4.57 Å². The molecule has 0 fully saturated rings. The van der Waals surface area contributed by atoms with Gasteiger partial charge in [-0.2, -0.15) is 0 Å². The fraction of sp³-hybridized carbons (Fsp3) is 0.211. The molecule has 0 aliphatic carbocycles. The molecule has 0 unspecified atom stereocenters. The minimum Gasteiger partial charge on any atom is -0.321 e. The molecule has 0 amide bonds. The number of hydrogen-bond acceptors (Lipinski definition) is 4. The molecule has 2 aromatic heterocycles. The van der Waals surface area contributed by atoms with Gasteiger partial charge in [-0.1, -0.05) is 42.1 Å². The van der Waals surface area contributed by atoms with Crippen LogP contribution in [-0.4, -0.2) is 19.7 Å². The minimum atomic E-state index is -0.227. The third-order valence-electron chi connectivity index (χ3n) is 4.09. The Balaban J connectivity index is 1.73. The molecule has 4 nitrogen and oxygen atoms in total. The Morgan fingerprint density at radius 2 is 1.80 bits per heavy atom. The van der Waals surface area contributed by atoms with Gasteiger partial charge in [0.1, 0.15) is 11.3 Å². The van der Waals surface area contributed by atoms with E-state index >= 15 is 0 Å². The van der Waals surface area contributed by atoms with Gasteiger partial charge in [0.05, 0.1) is 5.52 Å². The van der Waals surface area contributed by atoms with Crippen molar-refractivity contribution in [1.29, 1.82) is 0 Å². The van der Waals surface area contributed by atoms with Crippen molar-refractivity contribution in [3.8, 4) is 0 Å². The number of rotatable bonds is 4. The second-order valence-electron chi connectivity index (χ2n) is 6.16. The van der Waals surface area contributed by atoms with Gasteiger partial charge in [-0.3, -0.25) is 0 Å². The third-order valence-corrected chi connectivity index (χ3v) is 5.00. The van der Waals surface area contributed by atoms with Gasteiger partial charge in [-0.05, 0) is 37.6 Å². The molecule has 0 saturated carbocycles. The van der Waals surface area contributed by atoms with E-state index in [0.717, 1.165) is 27.6 Å². The first-order valence-electron chi connectivity index (χ1n) is 8.14. The first-order valence-corrected chi connectivity index (χ1v) is 9.12. The normalized spacial score (nSPS) is 11.7. The highest BCUT2D eigenvalue weighted by Gasteiger charge is 2.16. The van der Waals surface area contributed by atoms with Gasteiger partial charge in [0.15, 0.2) is 5.65 Å². The van der Waals surface area contributed by atoms with Crippen LogP contribution in [0.15, 0.2) is 53.7 Å². The molecule has 0 radical (unpaired) electrons. The predicted molar refractivity (Wildman–Crippen MR) is 99.2 cm³/mol. The van der Waals surface area contributed by atoms with Crippen molar-refractivity contribution in [1.82, 2.24) is 19.7 Å². The van der Waals surface area contributed by atoms with Crippen molar-refractivity contribution in [2.75, 3.05) is 0 Å². The minimum absolute atomic E-state index is 0.227. The quantitative estimate of drug-likeness (QED) is 0.485. The zero-order valence-electron chi connectivity index (χ0n) is 14.0. The van der Waals surface area contributed by atoms with Gasteiger partial charge in [-0.25, -0.2) is 9.37 Å². The van der Waals surface area contributed by atoms with Crippen LogP contribution in [0.5, 0.6) is 0 Å². The molecule has 6 heteroatoms. The SMILES string of the molecule is CC(C)n1c2ccccc2c2nnc(SCc3ccc(F)cc3)nc21. The Kier molecular flexibility index (Phi) is 4.13. The average Bonchev–Trinajstić information content (AvgIpc) is 2.95. The lowest BCUT2D eigenvalue weighted by atomic mass is 10.2. The van der Waals surface area contributed by atoms with Gasteiger partial charge in [0, 0.05) is 17.2 Å². The first kappa shape index (κ1) is 16.0. The van der Waals surface area contributed by atoms with Crippen LogP contribution in [0.3, 0.4) is 0 Å². The van der Waals surface area contributed by atoms with Crippen molar-refractivity contribution < 1.29 is 4.39 Å². The molecule has 2 aromatic carbocycles. The number of para-hydroxylation sites is 1. The molecule has 4 rings (SSSR count). The highest BCUT2D eigenvalue weighted by Crippen LogP contribution is 2.30. The zero-order chi connectivity index (χ0) is 17.4. The molecule has 0 bridgehead atoms. The summed E-state index contributed by atoms with van der Waals surface area (Å²) in [6.07, 6.45) is 0. The first-order chi connectivity index (χ1) is 12.1. The Morgan fingerprint density at radius 3 is 2.56 bits per heavy atom. The van der Waals surface area contributed by atoms with Crippen molar-refractivity contribution >= 4 is 33.8 Å². The molecular weight excluding hydrogens is 335 g/mol. The van der Waals surface area contributed by atoms with Crippen LogP contribution in [0, 0.1) is 5.82 Å². The van der Waals surface area contributed by atoms with Gasteiger partial charge in [0.2, 0.25) is 5.16 Å². The van der Waals surface area contributed by atoms with Crippen molar-refractivity contribution in [2.45, 2.75) is 30.8 Å². The average molecular weight is 352 g/mol. The summed E-state index contributed by atoms with van der Waals surface area (Å²) in [4.78, 5) is 4.74. The number of benzene rings is 2. The van der Waals surface area contributed by atoms with Gasteiger partial charge in [-0.15, -0.1) is 10.2 Å².